The highest BCUT2D eigenvalue weighted by atomic mass is 16.4. The lowest BCUT2D eigenvalue weighted by Gasteiger charge is -2.60. The SMILES string of the molecule is C[C@H](CCC(=O)O)C1CCC2[C@@H]3CC[C@@H]4CC(O)CC[C@]4(C)[C@H]3CC(=O)[C@]12C. The van der Waals surface area contributed by atoms with E-state index < -0.39 is 5.97 Å². The van der Waals surface area contributed by atoms with E-state index in [0.717, 1.165) is 32.1 Å². The molecule has 0 aromatic heterocycles. The van der Waals surface area contributed by atoms with Gasteiger partial charge in [0, 0.05) is 18.3 Å². The largest absolute Gasteiger partial charge is 0.481 e. The molecule has 4 saturated carbocycles. The molecule has 28 heavy (non-hydrogen) atoms. The van der Waals surface area contributed by atoms with Gasteiger partial charge in [0.2, 0.25) is 0 Å². The molecule has 3 unspecified atom stereocenters. The zero-order valence-corrected chi connectivity index (χ0v) is 17.8. The molecule has 0 aromatic rings. The number of carboxylic acids is 1. The Labute approximate surface area is 169 Å². The van der Waals surface area contributed by atoms with Gasteiger partial charge in [-0.3, -0.25) is 9.59 Å². The third-order valence-corrected chi connectivity index (χ3v) is 10.1. The first-order chi connectivity index (χ1) is 13.2. The Morgan fingerprint density at radius 1 is 1.14 bits per heavy atom. The summed E-state index contributed by atoms with van der Waals surface area (Å²) >= 11 is 0. The second-order valence-corrected chi connectivity index (χ2v) is 11.1. The number of carbonyl (C=O) groups is 2. The summed E-state index contributed by atoms with van der Waals surface area (Å²) in [6.07, 6.45) is 8.96. The molecule has 0 amide bonds. The van der Waals surface area contributed by atoms with Crippen LogP contribution in [0.5, 0.6) is 0 Å². The molecule has 0 bridgehead atoms. The number of Topliss-reactive ketones (excluding diaryl/α,β-unsaturated/α-hetero) is 1. The first-order valence-electron chi connectivity index (χ1n) is 11.6. The lowest BCUT2D eigenvalue weighted by molar-refractivity contribution is -0.160. The Morgan fingerprint density at radius 2 is 1.89 bits per heavy atom. The van der Waals surface area contributed by atoms with Crippen molar-refractivity contribution < 1.29 is 19.8 Å². The minimum absolute atomic E-state index is 0.148. The Morgan fingerprint density at radius 3 is 2.61 bits per heavy atom. The maximum Gasteiger partial charge on any atom is 0.303 e. The van der Waals surface area contributed by atoms with Crippen LogP contribution >= 0.6 is 0 Å². The van der Waals surface area contributed by atoms with Crippen LogP contribution in [0.2, 0.25) is 0 Å². The van der Waals surface area contributed by atoms with Crippen LogP contribution in [0.15, 0.2) is 0 Å². The second kappa shape index (κ2) is 7.11. The van der Waals surface area contributed by atoms with Crippen LogP contribution in [0, 0.1) is 46.3 Å². The monoisotopic (exact) mass is 390 g/mol. The van der Waals surface area contributed by atoms with Gasteiger partial charge in [0.05, 0.1) is 6.10 Å². The maximum atomic E-state index is 13.6. The molecule has 4 rings (SSSR count). The highest BCUT2D eigenvalue weighted by molar-refractivity contribution is 5.87. The Kier molecular flexibility index (Phi) is 5.17. The minimum atomic E-state index is -0.729. The lowest BCUT2D eigenvalue weighted by Crippen LogP contribution is -2.57. The van der Waals surface area contributed by atoms with Crippen LogP contribution in [0.4, 0.5) is 0 Å². The molecule has 0 aromatic carbocycles. The van der Waals surface area contributed by atoms with Gasteiger partial charge in [-0.1, -0.05) is 20.8 Å². The molecule has 0 aliphatic heterocycles. The van der Waals surface area contributed by atoms with E-state index >= 15 is 0 Å². The van der Waals surface area contributed by atoms with Crippen LogP contribution in [-0.2, 0) is 9.59 Å². The van der Waals surface area contributed by atoms with E-state index in [9.17, 15) is 14.7 Å². The molecule has 158 valence electrons. The number of hydrogen-bond acceptors (Lipinski definition) is 3. The Hall–Kier alpha value is -0.900. The molecular formula is C24H38O4. The summed E-state index contributed by atoms with van der Waals surface area (Å²) in [6, 6.07) is 0. The number of carboxylic acid groups (broad SMARTS) is 1. The van der Waals surface area contributed by atoms with Crippen LogP contribution in [0.25, 0.3) is 0 Å². The van der Waals surface area contributed by atoms with E-state index in [-0.39, 0.29) is 23.4 Å². The van der Waals surface area contributed by atoms with Crippen LogP contribution in [-0.4, -0.2) is 28.1 Å². The number of carbonyl (C=O) groups excluding carboxylic acids is 1. The van der Waals surface area contributed by atoms with E-state index in [1.54, 1.807) is 0 Å². The fraction of sp³-hybridized carbons (Fsp3) is 0.917. The highest BCUT2D eigenvalue weighted by Crippen LogP contribution is 2.67. The number of fused-ring (bicyclic) bond motifs is 5. The molecule has 0 radical (unpaired) electrons. The lowest BCUT2D eigenvalue weighted by atomic mass is 9.44. The summed E-state index contributed by atoms with van der Waals surface area (Å²) < 4.78 is 0. The van der Waals surface area contributed by atoms with E-state index in [4.69, 9.17) is 5.11 Å². The average molecular weight is 391 g/mol. The van der Waals surface area contributed by atoms with Crippen LogP contribution in [0.1, 0.15) is 85.0 Å². The molecule has 4 aliphatic rings. The molecule has 2 N–H and O–H groups in total. The van der Waals surface area contributed by atoms with Crippen molar-refractivity contribution in [2.45, 2.75) is 91.1 Å². The van der Waals surface area contributed by atoms with Crippen molar-refractivity contribution in [2.24, 2.45) is 46.3 Å². The molecule has 9 atom stereocenters. The number of ketones is 1. The maximum absolute atomic E-state index is 13.6. The third kappa shape index (κ3) is 2.97. The molecule has 4 heteroatoms. The Balaban J connectivity index is 1.57. The van der Waals surface area contributed by atoms with Crippen LogP contribution < -0.4 is 0 Å². The van der Waals surface area contributed by atoms with Gasteiger partial charge in [-0.15, -0.1) is 0 Å². The topological polar surface area (TPSA) is 74.6 Å². The van der Waals surface area contributed by atoms with Crippen molar-refractivity contribution in [3.8, 4) is 0 Å². The van der Waals surface area contributed by atoms with Gasteiger partial charge >= 0.3 is 5.97 Å². The van der Waals surface area contributed by atoms with E-state index in [1.807, 2.05) is 0 Å². The quantitative estimate of drug-likeness (QED) is 0.730. The first-order valence-corrected chi connectivity index (χ1v) is 11.6. The van der Waals surface area contributed by atoms with Gasteiger partial charge < -0.3 is 10.2 Å². The summed E-state index contributed by atoms with van der Waals surface area (Å²) in [5.41, 5.74) is -0.0391. The number of aliphatic hydroxyl groups is 1. The number of hydrogen-bond donors (Lipinski definition) is 2. The third-order valence-electron chi connectivity index (χ3n) is 10.1. The predicted octanol–water partition coefficient (Wildman–Crippen LogP) is 4.69. The van der Waals surface area contributed by atoms with Gasteiger partial charge in [-0.05, 0) is 92.3 Å². The zero-order valence-electron chi connectivity index (χ0n) is 17.8. The van der Waals surface area contributed by atoms with E-state index in [1.165, 1.54) is 12.8 Å². The molecule has 4 fully saturated rings. The van der Waals surface area contributed by atoms with E-state index in [2.05, 4.69) is 20.8 Å². The second-order valence-electron chi connectivity index (χ2n) is 11.1. The van der Waals surface area contributed by atoms with Gasteiger partial charge in [0.15, 0.2) is 0 Å². The summed E-state index contributed by atoms with van der Waals surface area (Å²) in [5, 5.41) is 19.3. The number of aliphatic hydroxyl groups excluding tert-OH is 1. The first kappa shape index (κ1) is 20.4. The molecule has 4 nitrogen and oxygen atoms in total. The zero-order chi connectivity index (χ0) is 20.3. The van der Waals surface area contributed by atoms with Gasteiger partial charge in [-0.25, -0.2) is 0 Å². The van der Waals surface area contributed by atoms with E-state index in [0.29, 0.717) is 54.1 Å². The smallest absolute Gasteiger partial charge is 0.303 e. The molecule has 4 aliphatic carbocycles. The highest BCUT2D eigenvalue weighted by Gasteiger charge is 2.63. The normalized spacial score (nSPS) is 49.1. The van der Waals surface area contributed by atoms with Crippen molar-refractivity contribution in [1.82, 2.24) is 0 Å². The molecule has 0 spiro atoms. The summed E-state index contributed by atoms with van der Waals surface area (Å²) in [5.74, 6) is 2.52. The van der Waals surface area contributed by atoms with Gasteiger partial charge in [0.1, 0.15) is 5.78 Å². The fourth-order valence-corrected chi connectivity index (χ4v) is 8.44. The number of aliphatic carboxylic acids is 1. The Bertz CT molecular complexity index is 645. The van der Waals surface area contributed by atoms with Crippen LogP contribution in [0.3, 0.4) is 0 Å². The molecule has 0 saturated heterocycles. The molecular weight excluding hydrogens is 352 g/mol. The van der Waals surface area contributed by atoms with Gasteiger partial charge in [-0.2, -0.15) is 0 Å². The summed E-state index contributed by atoms with van der Waals surface area (Å²) in [6.45, 7) is 6.81. The number of rotatable bonds is 4. The van der Waals surface area contributed by atoms with Crippen molar-refractivity contribution in [2.75, 3.05) is 0 Å². The fourth-order valence-electron chi connectivity index (χ4n) is 8.44. The van der Waals surface area contributed by atoms with Gasteiger partial charge in [0.25, 0.3) is 0 Å². The minimum Gasteiger partial charge on any atom is -0.481 e. The summed E-state index contributed by atoms with van der Waals surface area (Å²) in [4.78, 5) is 24.7. The summed E-state index contributed by atoms with van der Waals surface area (Å²) in [7, 11) is 0. The van der Waals surface area contributed by atoms with Crippen molar-refractivity contribution >= 4 is 11.8 Å². The average Bonchev–Trinajstić information content (AvgIpc) is 3.00. The van der Waals surface area contributed by atoms with Crippen molar-refractivity contribution in [1.29, 1.82) is 0 Å². The standard InChI is InChI=1S/C24H38O4/c1-14(4-9-22(27)28)18-7-8-19-17-6-5-15-12-16(25)10-11-23(15,2)20(17)13-21(26)24(18,19)3/h14-20,25H,4-13H2,1-3H3,(H,27,28)/t14-,15-,16?,17+,18?,19?,20+,23+,24-/m1/s1. The predicted molar refractivity (Wildman–Crippen MR) is 108 cm³/mol. The molecule has 0 heterocycles. The van der Waals surface area contributed by atoms with Crippen molar-refractivity contribution in [3.63, 3.8) is 0 Å². The van der Waals surface area contributed by atoms with Crippen molar-refractivity contribution in [3.05, 3.63) is 0 Å².